The molecule has 2 aromatic rings. The zero-order chi connectivity index (χ0) is 16.1. The van der Waals surface area contributed by atoms with Gasteiger partial charge in [0.2, 0.25) is 5.91 Å². The Bertz CT molecular complexity index is 692. The number of carbonyl (C=O) groups excluding carboxylic acids is 1. The summed E-state index contributed by atoms with van der Waals surface area (Å²) in [7, 11) is 1.53. The van der Waals surface area contributed by atoms with E-state index in [1.54, 1.807) is 36.4 Å². The van der Waals surface area contributed by atoms with Crippen LogP contribution in [0.4, 0.5) is 11.4 Å². The number of benzene rings is 2. The highest BCUT2D eigenvalue weighted by Gasteiger charge is 2.07. The van der Waals surface area contributed by atoms with Crippen LogP contribution in [0.1, 0.15) is 0 Å². The Hall–Kier alpha value is -1.62. The fourth-order valence-corrected chi connectivity index (χ4v) is 2.37. The van der Waals surface area contributed by atoms with Crippen molar-refractivity contribution in [1.29, 1.82) is 0 Å². The number of halogens is 3. The molecule has 0 aromatic heterocycles. The first-order valence-corrected chi connectivity index (χ1v) is 7.45. The fourth-order valence-electron chi connectivity index (χ4n) is 1.76. The molecule has 0 aliphatic carbocycles. The molecule has 0 aliphatic rings. The van der Waals surface area contributed by atoms with E-state index < -0.39 is 0 Å². The summed E-state index contributed by atoms with van der Waals surface area (Å²) in [5.74, 6) is 0.306. The molecule has 2 aromatic carbocycles. The molecule has 0 saturated heterocycles. The van der Waals surface area contributed by atoms with Crippen molar-refractivity contribution in [2.45, 2.75) is 0 Å². The van der Waals surface area contributed by atoms with Crippen LogP contribution in [0.3, 0.4) is 0 Å². The molecule has 0 atom stereocenters. The van der Waals surface area contributed by atoms with Crippen LogP contribution >= 0.6 is 34.8 Å². The summed E-state index contributed by atoms with van der Waals surface area (Å²) in [6.07, 6.45) is 0. The number of anilines is 2. The second kappa shape index (κ2) is 7.58. The molecule has 116 valence electrons. The van der Waals surface area contributed by atoms with E-state index >= 15 is 0 Å². The lowest BCUT2D eigenvalue weighted by Gasteiger charge is -2.10. The fraction of sp³-hybridized carbons (Fsp3) is 0.133. The number of methoxy groups -OCH3 is 1. The van der Waals surface area contributed by atoms with E-state index in [0.29, 0.717) is 32.2 Å². The standard InChI is InChI=1S/C15H13Cl3N2O2/c1-22-14-5-3-10(7-12(14)18)20-15(21)8-19-13-6-9(16)2-4-11(13)17/h2-7,19H,8H2,1H3,(H,20,21). The van der Waals surface area contributed by atoms with E-state index in [9.17, 15) is 4.79 Å². The molecule has 0 aliphatic heterocycles. The summed E-state index contributed by atoms with van der Waals surface area (Å²) in [6, 6.07) is 9.99. The molecule has 7 heteroatoms. The zero-order valence-electron chi connectivity index (χ0n) is 11.6. The Balaban J connectivity index is 1.95. The number of carbonyl (C=O) groups is 1. The molecule has 0 fully saturated rings. The van der Waals surface area contributed by atoms with Crippen molar-refractivity contribution in [3.05, 3.63) is 51.5 Å². The van der Waals surface area contributed by atoms with Gasteiger partial charge < -0.3 is 15.4 Å². The van der Waals surface area contributed by atoms with Gasteiger partial charge >= 0.3 is 0 Å². The van der Waals surface area contributed by atoms with Gasteiger partial charge in [0.25, 0.3) is 0 Å². The lowest BCUT2D eigenvalue weighted by Crippen LogP contribution is -2.21. The molecule has 0 bridgehead atoms. The van der Waals surface area contributed by atoms with Crippen LogP contribution in [0, 0.1) is 0 Å². The molecule has 0 radical (unpaired) electrons. The smallest absolute Gasteiger partial charge is 0.243 e. The van der Waals surface area contributed by atoms with E-state index in [1.807, 2.05) is 0 Å². The highest BCUT2D eigenvalue weighted by Crippen LogP contribution is 2.27. The van der Waals surface area contributed by atoms with Gasteiger partial charge in [-0.05, 0) is 36.4 Å². The number of ether oxygens (including phenoxy) is 1. The second-order valence-corrected chi connectivity index (χ2v) is 5.63. The maximum atomic E-state index is 11.9. The number of amides is 1. The van der Waals surface area contributed by atoms with Gasteiger partial charge in [0.05, 0.1) is 29.4 Å². The molecular formula is C15H13Cl3N2O2. The highest BCUT2D eigenvalue weighted by molar-refractivity contribution is 6.35. The molecule has 22 heavy (non-hydrogen) atoms. The highest BCUT2D eigenvalue weighted by atomic mass is 35.5. The summed E-state index contributed by atoms with van der Waals surface area (Å²) in [5, 5.41) is 7.09. The first kappa shape index (κ1) is 16.7. The molecule has 2 rings (SSSR count). The minimum absolute atomic E-state index is 0.0453. The Morgan fingerprint density at radius 1 is 1.09 bits per heavy atom. The second-order valence-electron chi connectivity index (χ2n) is 4.38. The number of nitrogens with one attached hydrogen (secondary N) is 2. The van der Waals surface area contributed by atoms with Crippen molar-refractivity contribution in [3.63, 3.8) is 0 Å². The van der Waals surface area contributed by atoms with Gasteiger partial charge in [0.1, 0.15) is 5.75 Å². The van der Waals surface area contributed by atoms with Crippen molar-refractivity contribution in [2.75, 3.05) is 24.3 Å². The van der Waals surface area contributed by atoms with Crippen LogP contribution < -0.4 is 15.4 Å². The quantitative estimate of drug-likeness (QED) is 0.813. The van der Waals surface area contributed by atoms with Gasteiger partial charge in [-0.25, -0.2) is 0 Å². The van der Waals surface area contributed by atoms with Crippen molar-refractivity contribution in [1.82, 2.24) is 0 Å². The third-order valence-electron chi connectivity index (χ3n) is 2.80. The van der Waals surface area contributed by atoms with Crippen LogP contribution in [0.15, 0.2) is 36.4 Å². The number of hydrogen-bond donors (Lipinski definition) is 2. The van der Waals surface area contributed by atoms with Crippen LogP contribution in [0.25, 0.3) is 0 Å². The zero-order valence-corrected chi connectivity index (χ0v) is 13.9. The largest absolute Gasteiger partial charge is 0.495 e. The van der Waals surface area contributed by atoms with E-state index in [-0.39, 0.29) is 12.5 Å². The topological polar surface area (TPSA) is 50.4 Å². The predicted octanol–water partition coefficient (Wildman–Crippen LogP) is 4.71. The summed E-state index contributed by atoms with van der Waals surface area (Å²) >= 11 is 17.9. The maximum Gasteiger partial charge on any atom is 0.243 e. The van der Waals surface area contributed by atoms with E-state index in [0.717, 1.165) is 0 Å². The first-order chi connectivity index (χ1) is 10.5. The summed E-state index contributed by atoms with van der Waals surface area (Å²) in [6.45, 7) is 0.0453. The van der Waals surface area contributed by atoms with Gasteiger partial charge in [0, 0.05) is 10.7 Å². The van der Waals surface area contributed by atoms with Crippen molar-refractivity contribution in [3.8, 4) is 5.75 Å². The lowest BCUT2D eigenvalue weighted by atomic mass is 10.3. The average Bonchev–Trinajstić information content (AvgIpc) is 2.48. The molecule has 1 amide bonds. The van der Waals surface area contributed by atoms with Crippen LogP contribution in [-0.2, 0) is 4.79 Å². The minimum atomic E-state index is -0.239. The van der Waals surface area contributed by atoms with Crippen LogP contribution in [0.5, 0.6) is 5.75 Å². The Labute approximate surface area is 143 Å². The van der Waals surface area contributed by atoms with Crippen molar-refractivity contribution >= 4 is 52.1 Å². The number of hydrogen-bond acceptors (Lipinski definition) is 3. The van der Waals surface area contributed by atoms with Gasteiger partial charge in [-0.1, -0.05) is 34.8 Å². The molecular weight excluding hydrogens is 347 g/mol. The Kier molecular flexibility index (Phi) is 5.77. The Morgan fingerprint density at radius 2 is 1.86 bits per heavy atom. The molecule has 0 saturated carbocycles. The molecule has 4 nitrogen and oxygen atoms in total. The molecule has 0 spiro atoms. The van der Waals surface area contributed by atoms with E-state index in [2.05, 4.69) is 10.6 Å². The van der Waals surface area contributed by atoms with Gasteiger partial charge in [-0.2, -0.15) is 0 Å². The molecule has 2 N–H and O–H groups in total. The van der Waals surface area contributed by atoms with Crippen LogP contribution in [-0.4, -0.2) is 19.6 Å². The number of rotatable bonds is 5. The van der Waals surface area contributed by atoms with Crippen molar-refractivity contribution in [2.24, 2.45) is 0 Å². The SMILES string of the molecule is COc1ccc(NC(=O)CNc2cc(Cl)ccc2Cl)cc1Cl. The molecule has 0 heterocycles. The van der Waals surface area contributed by atoms with E-state index in [4.69, 9.17) is 39.5 Å². The van der Waals surface area contributed by atoms with Crippen molar-refractivity contribution < 1.29 is 9.53 Å². The van der Waals surface area contributed by atoms with Gasteiger partial charge in [0.15, 0.2) is 0 Å². The summed E-state index contributed by atoms with van der Waals surface area (Å²) < 4.78 is 5.05. The molecule has 0 unspecified atom stereocenters. The average molecular weight is 360 g/mol. The summed E-state index contributed by atoms with van der Waals surface area (Å²) in [5.41, 5.74) is 1.17. The Morgan fingerprint density at radius 3 is 2.55 bits per heavy atom. The minimum Gasteiger partial charge on any atom is -0.495 e. The maximum absolute atomic E-state index is 11.9. The predicted molar refractivity (Wildman–Crippen MR) is 91.6 cm³/mol. The third-order valence-corrected chi connectivity index (χ3v) is 3.66. The third kappa shape index (κ3) is 4.44. The van der Waals surface area contributed by atoms with Gasteiger partial charge in [-0.3, -0.25) is 4.79 Å². The van der Waals surface area contributed by atoms with Crippen LogP contribution in [0.2, 0.25) is 15.1 Å². The van der Waals surface area contributed by atoms with Gasteiger partial charge in [-0.15, -0.1) is 0 Å². The first-order valence-electron chi connectivity index (χ1n) is 6.32. The summed E-state index contributed by atoms with van der Waals surface area (Å²) in [4.78, 5) is 11.9. The lowest BCUT2D eigenvalue weighted by molar-refractivity contribution is -0.114. The van der Waals surface area contributed by atoms with E-state index in [1.165, 1.54) is 7.11 Å². The normalized spacial score (nSPS) is 10.2. The monoisotopic (exact) mass is 358 g/mol.